The van der Waals surface area contributed by atoms with Gasteiger partial charge in [-0.1, -0.05) is 12.1 Å². The molecule has 0 aliphatic heterocycles. The average molecular weight is 514 g/mol. The van der Waals surface area contributed by atoms with Crippen LogP contribution >= 0.6 is 15.9 Å². The maximum atomic E-state index is 13.4. The van der Waals surface area contributed by atoms with Gasteiger partial charge in [0.25, 0.3) is 0 Å². The van der Waals surface area contributed by atoms with Gasteiger partial charge in [-0.25, -0.2) is 9.37 Å². The fourth-order valence-electron chi connectivity index (χ4n) is 2.71. The molecule has 0 saturated heterocycles. The molecule has 0 bridgehead atoms. The Balaban J connectivity index is 1.95. The summed E-state index contributed by atoms with van der Waals surface area (Å²) < 4.78 is 55.8. The number of hydrogen-bond acceptors (Lipinski definition) is 6. The van der Waals surface area contributed by atoms with Crippen molar-refractivity contribution >= 4 is 33.4 Å². The minimum atomic E-state index is -4.80. The second kappa shape index (κ2) is 10.1. The predicted molar refractivity (Wildman–Crippen MR) is 119 cm³/mol. The number of nitrogens with one attached hydrogen (secondary N) is 2. The van der Waals surface area contributed by atoms with Crippen molar-refractivity contribution in [2.45, 2.75) is 6.36 Å². The van der Waals surface area contributed by atoms with Gasteiger partial charge in [-0.05, 0) is 60.4 Å². The van der Waals surface area contributed by atoms with Gasteiger partial charge in [0.2, 0.25) is 5.95 Å². The van der Waals surface area contributed by atoms with Crippen molar-refractivity contribution in [2.75, 3.05) is 37.8 Å². The van der Waals surface area contributed by atoms with Gasteiger partial charge in [-0.2, -0.15) is 4.98 Å². The summed E-state index contributed by atoms with van der Waals surface area (Å²) in [4.78, 5) is 10.8. The maximum Gasteiger partial charge on any atom is 0.573 e. The van der Waals surface area contributed by atoms with Crippen molar-refractivity contribution in [3.63, 3.8) is 0 Å². The molecule has 0 aliphatic rings. The van der Waals surface area contributed by atoms with Crippen LogP contribution in [-0.2, 0) is 0 Å². The van der Waals surface area contributed by atoms with E-state index in [-0.39, 0.29) is 11.7 Å². The topological polar surface area (TPSA) is 62.3 Å². The Labute approximate surface area is 190 Å². The molecule has 0 radical (unpaired) electrons. The summed E-state index contributed by atoms with van der Waals surface area (Å²) in [6.07, 6.45) is -4.80. The third kappa shape index (κ3) is 7.06. The molecule has 3 rings (SSSR count). The largest absolute Gasteiger partial charge is 0.573 e. The Morgan fingerprint density at radius 3 is 2.53 bits per heavy atom. The minimum absolute atomic E-state index is 0.284. The van der Waals surface area contributed by atoms with Gasteiger partial charge in [0, 0.05) is 29.2 Å². The van der Waals surface area contributed by atoms with E-state index in [1.807, 2.05) is 19.0 Å². The Hall–Kier alpha value is -2.92. The number of ether oxygens (including phenoxy) is 1. The summed E-state index contributed by atoms with van der Waals surface area (Å²) in [6.45, 7) is 1.27. The molecule has 1 heterocycles. The molecule has 170 valence electrons. The zero-order valence-electron chi connectivity index (χ0n) is 17.2. The molecule has 3 aromatic rings. The summed E-state index contributed by atoms with van der Waals surface area (Å²) >= 11 is 3.29. The van der Waals surface area contributed by atoms with Crippen molar-refractivity contribution < 1.29 is 22.3 Å². The molecule has 0 spiro atoms. The molecule has 0 unspecified atom stereocenters. The monoisotopic (exact) mass is 513 g/mol. The molecule has 0 fully saturated rings. The van der Waals surface area contributed by atoms with Crippen LogP contribution < -0.4 is 15.4 Å². The highest BCUT2D eigenvalue weighted by atomic mass is 79.9. The summed E-state index contributed by atoms with van der Waals surface area (Å²) in [6, 6.07) is 11.2. The van der Waals surface area contributed by atoms with E-state index in [9.17, 15) is 17.6 Å². The molecule has 1 aromatic heterocycles. The number of aromatic nitrogens is 2. The first-order valence-corrected chi connectivity index (χ1v) is 10.2. The van der Waals surface area contributed by atoms with Gasteiger partial charge < -0.3 is 20.3 Å². The van der Waals surface area contributed by atoms with Crippen molar-refractivity contribution in [3.8, 4) is 17.0 Å². The lowest BCUT2D eigenvalue weighted by atomic mass is 10.1. The molecule has 6 nitrogen and oxygen atoms in total. The molecule has 0 atom stereocenters. The van der Waals surface area contributed by atoms with Crippen LogP contribution in [0.25, 0.3) is 11.3 Å². The maximum absolute atomic E-state index is 13.4. The van der Waals surface area contributed by atoms with Crippen molar-refractivity contribution in [1.29, 1.82) is 0 Å². The SMILES string of the molecule is CN(C)CCNc1nc(Nc2ccc(F)cc2Br)cc(-c2cccc(OC(F)(F)F)c2)n1. The van der Waals surface area contributed by atoms with Crippen LogP contribution in [0.5, 0.6) is 5.75 Å². The number of alkyl halides is 3. The van der Waals surface area contributed by atoms with Gasteiger partial charge in [0.1, 0.15) is 17.4 Å². The van der Waals surface area contributed by atoms with Gasteiger partial charge in [-0.15, -0.1) is 13.2 Å². The van der Waals surface area contributed by atoms with Crippen LogP contribution in [-0.4, -0.2) is 48.4 Å². The zero-order chi connectivity index (χ0) is 23.3. The van der Waals surface area contributed by atoms with E-state index in [4.69, 9.17) is 0 Å². The Bertz CT molecular complexity index is 1080. The Kier molecular flexibility index (Phi) is 7.52. The van der Waals surface area contributed by atoms with Crippen LogP contribution in [0, 0.1) is 5.82 Å². The fourth-order valence-corrected chi connectivity index (χ4v) is 3.16. The first-order chi connectivity index (χ1) is 15.1. The molecule has 0 saturated carbocycles. The average Bonchev–Trinajstić information content (AvgIpc) is 2.69. The second-order valence-corrected chi connectivity index (χ2v) is 7.87. The van der Waals surface area contributed by atoms with Crippen molar-refractivity contribution in [2.24, 2.45) is 0 Å². The lowest BCUT2D eigenvalue weighted by Crippen LogP contribution is -2.21. The highest BCUT2D eigenvalue weighted by molar-refractivity contribution is 9.10. The van der Waals surface area contributed by atoms with Gasteiger partial charge in [-0.3, -0.25) is 0 Å². The van der Waals surface area contributed by atoms with Crippen LogP contribution in [0.1, 0.15) is 0 Å². The van der Waals surface area contributed by atoms with E-state index in [0.717, 1.165) is 6.54 Å². The third-order valence-electron chi connectivity index (χ3n) is 4.13. The number of benzene rings is 2. The number of nitrogens with zero attached hydrogens (tertiary/aromatic N) is 3. The first kappa shape index (κ1) is 23.7. The lowest BCUT2D eigenvalue weighted by Gasteiger charge is -2.14. The molecule has 11 heteroatoms. The lowest BCUT2D eigenvalue weighted by molar-refractivity contribution is -0.274. The van der Waals surface area contributed by atoms with Gasteiger partial charge in [0.15, 0.2) is 0 Å². The van der Waals surface area contributed by atoms with Gasteiger partial charge >= 0.3 is 6.36 Å². The van der Waals surface area contributed by atoms with E-state index in [1.165, 1.54) is 36.4 Å². The van der Waals surface area contributed by atoms with E-state index in [0.29, 0.717) is 33.8 Å². The summed E-state index contributed by atoms with van der Waals surface area (Å²) in [5, 5.41) is 6.18. The second-order valence-electron chi connectivity index (χ2n) is 7.02. The van der Waals surface area contributed by atoms with E-state index in [2.05, 4.69) is 41.3 Å². The van der Waals surface area contributed by atoms with Crippen molar-refractivity contribution in [1.82, 2.24) is 14.9 Å². The van der Waals surface area contributed by atoms with Crippen LogP contribution in [0.4, 0.5) is 35.0 Å². The van der Waals surface area contributed by atoms with Crippen LogP contribution in [0.2, 0.25) is 0 Å². The highest BCUT2D eigenvalue weighted by Gasteiger charge is 2.31. The molecule has 2 aromatic carbocycles. The highest BCUT2D eigenvalue weighted by Crippen LogP contribution is 2.31. The van der Waals surface area contributed by atoms with Crippen molar-refractivity contribution in [3.05, 3.63) is 58.8 Å². The Morgan fingerprint density at radius 1 is 1.06 bits per heavy atom. The van der Waals surface area contributed by atoms with Crippen LogP contribution in [0.15, 0.2) is 53.0 Å². The fraction of sp³-hybridized carbons (Fsp3) is 0.238. The molecular weight excluding hydrogens is 494 g/mol. The smallest absolute Gasteiger partial charge is 0.406 e. The molecule has 2 N–H and O–H groups in total. The number of likely N-dealkylation sites (N-methyl/N-ethyl adjacent to an activating group) is 1. The summed E-state index contributed by atoms with van der Waals surface area (Å²) in [5.74, 6) is -0.103. The van der Waals surface area contributed by atoms with Crippen LogP contribution in [0.3, 0.4) is 0 Å². The van der Waals surface area contributed by atoms with E-state index in [1.54, 1.807) is 12.1 Å². The number of rotatable bonds is 8. The molecule has 32 heavy (non-hydrogen) atoms. The number of anilines is 3. The molecule has 0 aliphatic carbocycles. The normalized spacial score (nSPS) is 11.5. The quantitative estimate of drug-likeness (QED) is 0.379. The predicted octanol–water partition coefficient (Wildman–Crippen LogP) is 5.66. The van der Waals surface area contributed by atoms with Gasteiger partial charge in [0.05, 0.1) is 11.4 Å². The molecule has 0 amide bonds. The minimum Gasteiger partial charge on any atom is -0.406 e. The first-order valence-electron chi connectivity index (χ1n) is 9.45. The Morgan fingerprint density at radius 2 is 1.84 bits per heavy atom. The number of halogens is 5. The van der Waals surface area contributed by atoms with E-state index >= 15 is 0 Å². The third-order valence-corrected chi connectivity index (χ3v) is 4.78. The number of hydrogen-bond donors (Lipinski definition) is 2. The standard InChI is InChI=1S/C21H20BrF4N5O/c1-31(2)9-8-27-20-29-18(13-4-3-5-15(10-13)32-21(24,25)26)12-19(30-20)28-17-7-6-14(23)11-16(17)22/h3-7,10-12H,8-9H2,1-2H3,(H2,27,28,29,30). The molecular formula is C21H20BrF4N5O. The zero-order valence-corrected chi connectivity index (χ0v) is 18.8. The summed E-state index contributed by atoms with van der Waals surface area (Å²) in [5.41, 5.74) is 1.34. The van der Waals surface area contributed by atoms with E-state index < -0.39 is 12.2 Å². The summed E-state index contributed by atoms with van der Waals surface area (Å²) in [7, 11) is 3.84.